The van der Waals surface area contributed by atoms with Crippen LogP contribution in [0.25, 0.3) is 28.0 Å². The number of piperazine rings is 1. The third-order valence-electron chi connectivity index (χ3n) is 9.18. The highest BCUT2D eigenvalue weighted by atomic mass is 35.5. The molecule has 1 amide bonds. The molecule has 5 rings (SSSR count). The van der Waals surface area contributed by atoms with Gasteiger partial charge in [0.25, 0.3) is 0 Å². The fraction of sp³-hybridized carbons (Fsp3) is 0.441. The molecule has 1 aromatic carbocycles. The number of carboxylic acid groups (broad SMARTS) is 1. The number of nitrogens with zero attached hydrogens (tertiary/aromatic N) is 6. The summed E-state index contributed by atoms with van der Waals surface area (Å²) in [6.45, 7) is 10.0. The number of aliphatic hydroxyl groups excluding tert-OH is 1. The van der Waals surface area contributed by atoms with Gasteiger partial charge in [-0.1, -0.05) is 32.4 Å². The minimum absolute atomic E-state index is 0.00433. The summed E-state index contributed by atoms with van der Waals surface area (Å²) >= 11 is 6.73. The maximum atomic E-state index is 15.3. The average molecular weight is 685 g/mol. The largest absolute Gasteiger partial charge is 0.504 e. The summed E-state index contributed by atoms with van der Waals surface area (Å²) in [6, 6.07) is 3.97. The fourth-order valence-electron chi connectivity index (χ4n) is 6.13. The molecule has 11 nitrogen and oxygen atoms in total. The van der Waals surface area contributed by atoms with Crippen LogP contribution >= 0.6 is 11.6 Å². The predicted molar refractivity (Wildman–Crippen MR) is 179 cm³/mol. The van der Waals surface area contributed by atoms with E-state index in [0.717, 1.165) is 12.1 Å². The normalized spacial score (nSPS) is 17.4. The summed E-state index contributed by atoms with van der Waals surface area (Å²) in [5.74, 6) is -2.42. The Morgan fingerprint density at radius 2 is 1.79 bits per heavy atom. The number of phenolic OH excluding ortho intramolecular Hbond substituents is 1. The summed E-state index contributed by atoms with van der Waals surface area (Å²) in [5.41, 5.74) is 0.0897. The van der Waals surface area contributed by atoms with Gasteiger partial charge in [-0.15, -0.1) is 0 Å². The van der Waals surface area contributed by atoms with Gasteiger partial charge in [0.2, 0.25) is 0 Å². The van der Waals surface area contributed by atoms with Crippen LogP contribution in [-0.4, -0.2) is 77.6 Å². The summed E-state index contributed by atoms with van der Waals surface area (Å²) in [7, 11) is 0. The number of phenols is 1. The van der Waals surface area contributed by atoms with Crippen molar-refractivity contribution in [3.63, 3.8) is 0 Å². The number of aliphatic hydroxyl groups is 1. The van der Waals surface area contributed by atoms with Crippen molar-refractivity contribution in [1.29, 1.82) is 0 Å². The average Bonchev–Trinajstić information content (AvgIpc) is 3.03. The molecule has 3 N–H and O–H groups in total. The summed E-state index contributed by atoms with van der Waals surface area (Å²) in [4.78, 5) is 43.3. The number of pyridine rings is 2. The van der Waals surface area contributed by atoms with E-state index in [1.165, 1.54) is 15.5 Å². The Labute approximate surface area is 281 Å². The first-order chi connectivity index (χ1) is 22.7. The Bertz CT molecular complexity index is 1920. The van der Waals surface area contributed by atoms with Crippen LogP contribution in [0.4, 0.5) is 19.4 Å². The first-order valence-corrected chi connectivity index (χ1v) is 16.3. The summed E-state index contributed by atoms with van der Waals surface area (Å²) < 4.78 is 31.1. The van der Waals surface area contributed by atoms with Crippen molar-refractivity contribution in [2.24, 2.45) is 11.8 Å². The van der Waals surface area contributed by atoms with Crippen molar-refractivity contribution in [3.8, 4) is 22.7 Å². The van der Waals surface area contributed by atoms with E-state index >= 15 is 4.39 Å². The number of hydrogen-bond donors (Lipinski definition) is 3. The second-order valence-corrected chi connectivity index (χ2v) is 13.2. The summed E-state index contributed by atoms with van der Waals surface area (Å²) in [5, 5.41) is 30.2. The zero-order chi connectivity index (χ0) is 35.0. The van der Waals surface area contributed by atoms with Crippen LogP contribution in [0.1, 0.15) is 52.3 Å². The SMILES string of the molecule is CC(C)C(C)Cc1nccc(CCCO)c1-n1c(=O)nc(N2C[C@@H](C)N(C(=O)O)C[C@@H]2C)c2cc(Cl)c(-c3c(F)ccc(F)c3O)nc21. The van der Waals surface area contributed by atoms with E-state index in [1.54, 1.807) is 19.2 Å². The van der Waals surface area contributed by atoms with Crippen molar-refractivity contribution < 1.29 is 28.9 Å². The van der Waals surface area contributed by atoms with Gasteiger partial charge in [0.05, 0.1) is 33.0 Å². The van der Waals surface area contributed by atoms with Crippen LogP contribution in [0.15, 0.2) is 35.3 Å². The molecule has 0 bridgehead atoms. The minimum atomic E-state index is -1.08. The van der Waals surface area contributed by atoms with Gasteiger partial charge in [-0.2, -0.15) is 4.98 Å². The second-order valence-electron chi connectivity index (χ2n) is 12.8. The van der Waals surface area contributed by atoms with E-state index in [-0.39, 0.29) is 53.7 Å². The Morgan fingerprint density at radius 3 is 2.46 bits per heavy atom. The number of anilines is 1. The van der Waals surface area contributed by atoms with Crippen LogP contribution < -0.4 is 10.6 Å². The smallest absolute Gasteiger partial charge is 0.407 e. The molecule has 48 heavy (non-hydrogen) atoms. The highest BCUT2D eigenvalue weighted by molar-refractivity contribution is 6.34. The number of aromatic nitrogens is 4. The minimum Gasteiger partial charge on any atom is -0.504 e. The maximum absolute atomic E-state index is 15.3. The van der Waals surface area contributed by atoms with Crippen molar-refractivity contribution in [2.45, 2.75) is 66.0 Å². The van der Waals surface area contributed by atoms with Crippen LogP contribution in [0.5, 0.6) is 5.75 Å². The van der Waals surface area contributed by atoms with Crippen LogP contribution in [0, 0.1) is 23.5 Å². The van der Waals surface area contributed by atoms with E-state index in [0.29, 0.717) is 41.6 Å². The molecule has 0 spiro atoms. The number of aryl methyl sites for hydroxylation is 1. The van der Waals surface area contributed by atoms with Gasteiger partial charge in [-0.05, 0) is 74.8 Å². The van der Waals surface area contributed by atoms with E-state index in [9.17, 15) is 29.3 Å². The monoisotopic (exact) mass is 684 g/mol. The summed E-state index contributed by atoms with van der Waals surface area (Å²) in [6.07, 6.45) is 1.85. The Kier molecular flexibility index (Phi) is 10.2. The van der Waals surface area contributed by atoms with Gasteiger partial charge >= 0.3 is 11.8 Å². The molecular formula is C34H39ClF2N6O5. The number of halogens is 3. The molecule has 0 radical (unpaired) electrons. The number of fused-ring (bicyclic) bond motifs is 1. The predicted octanol–water partition coefficient (Wildman–Crippen LogP) is 5.82. The molecule has 1 unspecified atom stereocenters. The fourth-order valence-corrected chi connectivity index (χ4v) is 6.38. The van der Waals surface area contributed by atoms with Gasteiger partial charge in [-0.3, -0.25) is 4.98 Å². The Hall–Kier alpha value is -4.36. The molecule has 0 saturated carbocycles. The van der Waals surface area contributed by atoms with E-state index in [4.69, 9.17) is 11.6 Å². The van der Waals surface area contributed by atoms with E-state index in [1.807, 2.05) is 11.8 Å². The van der Waals surface area contributed by atoms with Crippen molar-refractivity contribution in [1.82, 2.24) is 24.4 Å². The van der Waals surface area contributed by atoms with Crippen molar-refractivity contribution in [2.75, 3.05) is 24.6 Å². The van der Waals surface area contributed by atoms with Crippen LogP contribution in [0.2, 0.25) is 5.02 Å². The molecule has 3 atom stereocenters. The van der Waals surface area contributed by atoms with Gasteiger partial charge in [-0.25, -0.2) is 27.9 Å². The number of amides is 1. The number of carbonyl (C=O) groups is 1. The Balaban J connectivity index is 1.88. The molecule has 1 saturated heterocycles. The standard InChI is InChI=1S/C34H39ClF2N6O5/c1-17(2)18(3)13-26-29(21(7-6-12-44)10-11-38-26)43-32-22(14-23(35)28(39-32)27-24(36)8-9-25(37)30(27)45)31(40-33(43)46)41-15-20(5)42(34(47)48)16-19(41)4/h8-11,14,17-20,44-45H,6-7,12-13,15-16H2,1-5H3,(H,47,48)/t18?,19-,20+/m0/s1. The molecule has 14 heteroatoms. The van der Waals surface area contributed by atoms with Crippen LogP contribution in [0.3, 0.4) is 0 Å². The highest BCUT2D eigenvalue weighted by Crippen LogP contribution is 2.40. The van der Waals surface area contributed by atoms with E-state index in [2.05, 4.69) is 35.7 Å². The lowest BCUT2D eigenvalue weighted by atomic mass is 9.91. The zero-order valence-electron chi connectivity index (χ0n) is 27.4. The lowest BCUT2D eigenvalue weighted by Crippen LogP contribution is -2.58. The number of benzene rings is 1. The third kappa shape index (κ3) is 6.53. The Morgan fingerprint density at radius 1 is 1.08 bits per heavy atom. The second kappa shape index (κ2) is 14.0. The molecule has 0 aliphatic carbocycles. The molecule has 1 aliphatic heterocycles. The topological polar surface area (TPSA) is 145 Å². The van der Waals surface area contributed by atoms with Gasteiger partial charge in [0, 0.05) is 38.0 Å². The van der Waals surface area contributed by atoms with E-state index < -0.39 is 46.8 Å². The third-order valence-corrected chi connectivity index (χ3v) is 9.47. The first-order valence-electron chi connectivity index (χ1n) is 15.9. The van der Waals surface area contributed by atoms with Gasteiger partial charge < -0.3 is 25.1 Å². The molecule has 4 heterocycles. The van der Waals surface area contributed by atoms with Gasteiger partial charge in [0.1, 0.15) is 11.6 Å². The van der Waals surface area contributed by atoms with Gasteiger partial charge in [0.15, 0.2) is 17.2 Å². The van der Waals surface area contributed by atoms with Crippen molar-refractivity contribution >= 4 is 34.5 Å². The maximum Gasteiger partial charge on any atom is 0.407 e. The first kappa shape index (κ1) is 35.0. The quantitative estimate of drug-likeness (QED) is 0.199. The molecule has 3 aromatic heterocycles. The van der Waals surface area contributed by atoms with Crippen molar-refractivity contribution in [3.05, 3.63) is 68.9 Å². The molecular weight excluding hydrogens is 646 g/mol. The number of aromatic hydroxyl groups is 1. The highest BCUT2D eigenvalue weighted by Gasteiger charge is 2.35. The zero-order valence-corrected chi connectivity index (χ0v) is 28.2. The number of hydrogen-bond acceptors (Lipinski definition) is 8. The van der Waals surface area contributed by atoms with Crippen LogP contribution in [-0.2, 0) is 12.8 Å². The molecule has 256 valence electrons. The lowest BCUT2D eigenvalue weighted by molar-refractivity contribution is 0.114. The molecule has 1 fully saturated rings. The number of rotatable bonds is 9. The molecule has 1 aliphatic rings. The molecule has 4 aromatic rings. The lowest BCUT2D eigenvalue weighted by Gasteiger charge is -2.43.